The van der Waals surface area contributed by atoms with Crippen molar-refractivity contribution < 1.29 is 14.3 Å². The van der Waals surface area contributed by atoms with E-state index >= 15 is 0 Å². The van der Waals surface area contributed by atoms with E-state index in [1.807, 2.05) is 11.8 Å². The third kappa shape index (κ3) is 3.28. The van der Waals surface area contributed by atoms with Crippen LogP contribution in [0.15, 0.2) is 0 Å². The van der Waals surface area contributed by atoms with Gasteiger partial charge in [-0.1, -0.05) is 0 Å². The van der Waals surface area contributed by atoms with E-state index in [-0.39, 0.29) is 11.3 Å². The molecule has 0 aromatic rings. The molecule has 5 nitrogen and oxygen atoms in total. The third-order valence-corrected chi connectivity index (χ3v) is 7.09. The van der Waals surface area contributed by atoms with Crippen LogP contribution >= 0.6 is 11.8 Å². The number of carbonyl (C=O) groups excluding carboxylic acids is 1. The number of likely N-dealkylation sites (tertiary alicyclic amines) is 1. The summed E-state index contributed by atoms with van der Waals surface area (Å²) in [7, 11) is 0. The topological polar surface area (TPSA) is 42.0 Å². The van der Waals surface area contributed by atoms with Crippen LogP contribution in [0.2, 0.25) is 0 Å². The highest BCUT2D eigenvalue weighted by atomic mass is 32.2. The van der Waals surface area contributed by atoms with Crippen molar-refractivity contribution in [2.24, 2.45) is 17.3 Å². The Morgan fingerprint density at radius 1 is 1.17 bits per heavy atom. The van der Waals surface area contributed by atoms with Crippen LogP contribution in [0, 0.1) is 17.3 Å². The zero-order chi connectivity index (χ0) is 15.7. The molecule has 0 aliphatic carbocycles. The average Bonchev–Trinajstić information content (AvgIpc) is 3.12. The molecular formula is C17H28N2O3S. The van der Waals surface area contributed by atoms with Crippen LogP contribution in [0.4, 0.5) is 0 Å². The summed E-state index contributed by atoms with van der Waals surface area (Å²) in [5.74, 6) is 3.51. The summed E-state index contributed by atoms with van der Waals surface area (Å²) in [5.41, 5.74) is 0.163. The molecule has 2 atom stereocenters. The molecular weight excluding hydrogens is 312 g/mol. The van der Waals surface area contributed by atoms with Crippen LogP contribution in [0.25, 0.3) is 0 Å². The van der Waals surface area contributed by atoms with E-state index in [1.165, 1.54) is 0 Å². The summed E-state index contributed by atoms with van der Waals surface area (Å²) in [6.07, 6.45) is 2.13. The fourth-order valence-electron chi connectivity index (χ4n) is 4.63. The maximum Gasteiger partial charge on any atom is 0.225 e. The second-order valence-electron chi connectivity index (χ2n) is 7.57. The van der Waals surface area contributed by atoms with Crippen molar-refractivity contribution in [3.8, 4) is 0 Å². The first-order chi connectivity index (χ1) is 11.3. The van der Waals surface area contributed by atoms with Crippen molar-refractivity contribution in [2.45, 2.75) is 12.8 Å². The van der Waals surface area contributed by atoms with Gasteiger partial charge in [-0.05, 0) is 24.3 Å². The molecule has 0 N–H and O–H groups in total. The highest BCUT2D eigenvalue weighted by Gasteiger charge is 2.53. The van der Waals surface area contributed by atoms with Crippen molar-refractivity contribution in [3.63, 3.8) is 0 Å². The van der Waals surface area contributed by atoms with Crippen LogP contribution in [-0.2, 0) is 14.3 Å². The lowest BCUT2D eigenvalue weighted by atomic mass is 9.80. The maximum atomic E-state index is 12.9. The molecule has 23 heavy (non-hydrogen) atoms. The molecule has 0 bridgehead atoms. The molecule has 4 aliphatic rings. The normalized spacial score (nSPS) is 36.3. The molecule has 0 aromatic carbocycles. The lowest BCUT2D eigenvalue weighted by Crippen LogP contribution is -2.48. The van der Waals surface area contributed by atoms with Gasteiger partial charge in [0.15, 0.2) is 0 Å². The van der Waals surface area contributed by atoms with Crippen molar-refractivity contribution >= 4 is 17.7 Å². The Morgan fingerprint density at radius 2 is 1.96 bits per heavy atom. The van der Waals surface area contributed by atoms with Crippen LogP contribution in [0.3, 0.4) is 0 Å². The second-order valence-corrected chi connectivity index (χ2v) is 8.79. The number of rotatable bonds is 3. The van der Waals surface area contributed by atoms with E-state index in [0.29, 0.717) is 11.8 Å². The summed E-state index contributed by atoms with van der Waals surface area (Å²) >= 11 is 1.99. The first-order valence-corrected chi connectivity index (χ1v) is 10.2. The number of carbonyl (C=O) groups is 1. The lowest BCUT2D eigenvalue weighted by molar-refractivity contribution is -0.135. The van der Waals surface area contributed by atoms with Gasteiger partial charge in [-0.3, -0.25) is 9.69 Å². The van der Waals surface area contributed by atoms with Gasteiger partial charge in [0, 0.05) is 50.0 Å². The molecule has 0 spiro atoms. The number of hydrogen-bond acceptors (Lipinski definition) is 5. The van der Waals surface area contributed by atoms with Gasteiger partial charge in [0.2, 0.25) is 5.91 Å². The number of ether oxygens (including phenoxy) is 2. The standard InChI is InChI=1S/C17H28N2O3S/c20-16(14-1-7-23-8-2-14)19-9-15-10-22-13-17(15,12-19)11-18-3-5-21-6-4-18/h14-15H,1-13H2/t15-,17+/m1/s1. The van der Waals surface area contributed by atoms with Gasteiger partial charge in [0.1, 0.15) is 0 Å². The second kappa shape index (κ2) is 6.90. The zero-order valence-corrected chi connectivity index (χ0v) is 14.7. The van der Waals surface area contributed by atoms with Gasteiger partial charge in [-0.2, -0.15) is 11.8 Å². The van der Waals surface area contributed by atoms with E-state index in [1.54, 1.807) is 0 Å². The SMILES string of the molecule is O=C(C1CCSCC1)N1C[C@@H]2COC[C@]2(CN2CCOCC2)C1. The summed E-state index contributed by atoms with van der Waals surface area (Å²) < 4.78 is 11.3. The molecule has 0 unspecified atom stereocenters. The minimum absolute atomic E-state index is 0.163. The molecule has 4 saturated heterocycles. The fourth-order valence-corrected chi connectivity index (χ4v) is 5.74. The number of thioether (sulfide) groups is 1. The summed E-state index contributed by atoms with van der Waals surface area (Å²) in [6, 6.07) is 0. The molecule has 4 heterocycles. The first-order valence-electron chi connectivity index (χ1n) is 9.01. The lowest BCUT2D eigenvalue weighted by Gasteiger charge is -2.36. The Morgan fingerprint density at radius 3 is 2.74 bits per heavy atom. The van der Waals surface area contributed by atoms with E-state index in [9.17, 15) is 4.79 Å². The number of amides is 1. The monoisotopic (exact) mass is 340 g/mol. The molecule has 4 rings (SSSR count). The first kappa shape index (κ1) is 16.2. The van der Waals surface area contributed by atoms with Gasteiger partial charge in [-0.15, -0.1) is 0 Å². The highest BCUT2D eigenvalue weighted by molar-refractivity contribution is 7.99. The maximum absolute atomic E-state index is 12.9. The van der Waals surface area contributed by atoms with Gasteiger partial charge < -0.3 is 14.4 Å². The molecule has 0 saturated carbocycles. The predicted molar refractivity (Wildman–Crippen MR) is 90.6 cm³/mol. The molecule has 4 aliphatic heterocycles. The number of nitrogens with zero attached hydrogens (tertiary/aromatic N) is 2. The Hall–Kier alpha value is -0.300. The largest absolute Gasteiger partial charge is 0.380 e. The molecule has 0 aromatic heterocycles. The molecule has 130 valence electrons. The molecule has 4 fully saturated rings. The minimum atomic E-state index is 0.163. The quantitative estimate of drug-likeness (QED) is 0.765. The van der Waals surface area contributed by atoms with Crippen molar-refractivity contribution in [1.82, 2.24) is 9.80 Å². The van der Waals surface area contributed by atoms with E-state index in [2.05, 4.69) is 9.80 Å². The Labute approximate surface area is 143 Å². The Bertz CT molecular complexity index is 438. The van der Waals surface area contributed by atoms with Gasteiger partial charge >= 0.3 is 0 Å². The summed E-state index contributed by atoms with van der Waals surface area (Å²) in [4.78, 5) is 17.6. The third-order valence-electron chi connectivity index (χ3n) is 6.05. The smallest absolute Gasteiger partial charge is 0.225 e. The minimum Gasteiger partial charge on any atom is -0.380 e. The summed E-state index contributed by atoms with van der Waals surface area (Å²) in [5, 5.41) is 0. The Kier molecular flexibility index (Phi) is 4.86. The van der Waals surface area contributed by atoms with Crippen LogP contribution in [0.1, 0.15) is 12.8 Å². The van der Waals surface area contributed by atoms with Crippen molar-refractivity contribution in [1.29, 1.82) is 0 Å². The number of fused-ring (bicyclic) bond motifs is 1. The van der Waals surface area contributed by atoms with Gasteiger partial charge in [-0.25, -0.2) is 0 Å². The van der Waals surface area contributed by atoms with E-state index in [4.69, 9.17) is 9.47 Å². The fraction of sp³-hybridized carbons (Fsp3) is 0.941. The van der Waals surface area contributed by atoms with Gasteiger partial charge in [0.05, 0.1) is 26.4 Å². The average molecular weight is 340 g/mol. The Balaban J connectivity index is 1.41. The van der Waals surface area contributed by atoms with Crippen molar-refractivity contribution in [3.05, 3.63) is 0 Å². The number of morpholine rings is 1. The van der Waals surface area contributed by atoms with E-state index < -0.39 is 0 Å². The zero-order valence-electron chi connectivity index (χ0n) is 13.9. The molecule has 0 radical (unpaired) electrons. The summed E-state index contributed by atoms with van der Waals surface area (Å²) in [6.45, 7) is 8.22. The highest BCUT2D eigenvalue weighted by Crippen LogP contribution is 2.43. The molecule has 6 heteroatoms. The van der Waals surface area contributed by atoms with E-state index in [0.717, 1.165) is 83.5 Å². The van der Waals surface area contributed by atoms with Crippen LogP contribution in [-0.4, -0.2) is 86.4 Å². The van der Waals surface area contributed by atoms with Gasteiger partial charge in [0.25, 0.3) is 0 Å². The molecule has 1 amide bonds. The van der Waals surface area contributed by atoms with Crippen molar-refractivity contribution in [2.75, 3.05) is 70.7 Å². The van der Waals surface area contributed by atoms with Crippen LogP contribution in [0.5, 0.6) is 0 Å². The predicted octanol–water partition coefficient (Wildman–Crippen LogP) is 0.937. The van der Waals surface area contributed by atoms with Crippen LogP contribution < -0.4 is 0 Å². The number of hydrogen-bond donors (Lipinski definition) is 0.